The van der Waals surface area contributed by atoms with Crippen molar-refractivity contribution in [1.29, 1.82) is 0 Å². The maximum Gasteiger partial charge on any atom is 0.251 e. The highest BCUT2D eigenvalue weighted by atomic mass is 16.5. The van der Waals surface area contributed by atoms with E-state index >= 15 is 0 Å². The maximum absolute atomic E-state index is 12.8. The summed E-state index contributed by atoms with van der Waals surface area (Å²) in [6.07, 6.45) is 2.77. The van der Waals surface area contributed by atoms with E-state index in [1.54, 1.807) is 0 Å². The van der Waals surface area contributed by atoms with E-state index in [2.05, 4.69) is 34.0 Å². The van der Waals surface area contributed by atoms with E-state index in [1.807, 2.05) is 42.5 Å². The summed E-state index contributed by atoms with van der Waals surface area (Å²) in [5.41, 5.74) is 9.30. The summed E-state index contributed by atoms with van der Waals surface area (Å²) in [5, 5.41) is 4.01. The monoisotopic (exact) mass is 475 g/mol. The van der Waals surface area contributed by atoms with Gasteiger partial charge in [0.1, 0.15) is 6.10 Å². The molecule has 1 amide bonds. The van der Waals surface area contributed by atoms with Gasteiger partial charge in [-0.1, -0.05) is 18.2 Å². The molecule has 0 saturated carbocycles. The lowest BCUT2D eigenvalue weighted by molar-refractivity contribution is 0.0900. The van der Waals surface area contributed by atoms with Gasteiger partial charge in [0.2, 0.25) is 11.8 Å². The molecule has 1 atom stereocenters. The van der Waals surface area contributed by atoms with Crippen LogP contribution in [0.15, 0.2) is 42.5 Å². The number of nitrogens with one attached hydrogen (secondary N) is 1. The fraction of sp³-hybridized carbons (Fsp3) is 0.444. The number of ether oxygens (including phenoxy) is 2. The number of amides is 1. The van der Waals surface area contributed by atoms with Gasteiger partial charge in [-0.05, 0) is 62.1 Å². The molecule has 2 aliphatic rings. The Balaban J connectivity index is 1.30. The quantitative estimate of drug-likeness (QED) is 0.561. The van der Waals surface area contributed by atoms with Gasteiger partial charge < -0.3 is 25.4 Å². The Hall–Kier alpha value is -3.23. The number of anilines is 1. The first-order valence-electron chi connectivity index (χ1n) is 12.4. The van der Waals surface area contributed by atoms with Crippen molar-refractivity contribution in [2.75, 3.05) is 32.0 Å². The number of fused-ring (bicyclic) bond motifs is 1. The summed E-state index contributed by atoms with van der Waals surface area (Å²) >= 11 is 0. The van der Waals surface area contributed by atoms with Gasteiger partial charge in [-0.15, -0.1) is 0 Å². The van der Waals surface area contributed by atoms with Crippen molar-refractivity contribution in [3.63, 3.8) is 0 Å². The molecule has 8 nitrogen and oxygen atoms in total. The molecule has 2 fully saturated rings. The molecular formula is C27H33N5O3. The summed E-state index contributed by atoms with van der Waals surface area (Å²) in [6.45, 7) is 7.72. The standard InChI is InChI=1S/C27H33N5O3/c1-17(2)32-12-9-21(10-13-32)29-25(33)19-5-3-18(4-6-19)20-7-8-24-23(15-20)26(31-27(28)30-24)35-22-11-14-34-16-22/h3-8,15,17,21-22H,9-14,16H2,1-2H3,(H,29,33)(H2,28,30,31)/t22-/m1/s1. The minimum atomic E-state index is -0.0356. The Labute approximate surface area is 205 Å². The fourth-order valence-corrected chi connectivity index (χ4v) is 4.79. The molecule has 0 aliphatic carbocycles. The smallest absolute Gasteiger partial charge is 0.251 e. The van der Waals surface area contributed by atoms with Crippen LogP contribution < -0.4 is 15.8 Å². The summed E-state index contributed by atoms with van der Waals surface area (Å²) in [5.74, 6) is 0.644. The number of carbonyl (C=O) groups is 1. The van der Waals surface area contributed by atoms with E-state index in [0.29, 0.717) is 30.7 Å². The first-order valence-corrected chi connectivity index (χ1v) is 12.4. The van der Waals surface area contributed by atoms with E-state index in [1.165, 1.54) is 0 Å². The molecule has 2 aliphatic heterocycles. The number of aromatic nitrogens is 2. The highest BCUT2D eigenvalue weighted by Gasteiger charge is 2.23. The largest absolute Gasteiger partial charge is 0.471 e. The van der Waals surface area contributed by atoms with Crippen LogP contribution in [0.1, 0.15) is 43.5 Å². The zero-order valence-corrected chi connectivity index (χ0v) is 20.4. The van der Waals surface area contributed by atoms with Gasteiger partial charge in [-0.2, -0.15) is 4.98 Å². The number of nitrogens with zero attached hydrogens (tertiary/aromatic N) is 3. The highest BCUT2D eigenvalue weighted by molar-refractivity contribution is 5.95. The van der Waals surface area contributed by atoms with Gasteiger partial charge in [0, 0.05) is 37.2 Å². The number of nitrogen functional groups attached to an aromatic ring is 1. The summed E-state index contributed by atoms with van der Waals surface area (Å²) in [4.78, 5) is 24.0. The molecular weight excluding hydrogens is 442 g/mol. The average molecular weight is 476 g/mol. The Kier molecular flexibility index (Phi) is 6.83. The molecule has 0 unspecified atom stereocenters. The van der Waals surface area contributed by atoms with E-state index in [4.69, 9.17) is 15.2 Å². The van der Waals surface area contributed by atoms with Crippen LogP contribution in [-0.4, -0.2) is 65.3 Å². The Morgan fingerprint density at radius 2 is 1.83 bits per heavy atom. The maximum atomic E-state index is 12.8. The number of carbonyl (C=O) groups excluding carboxylic acids is 1. The third-order valence-electron chi connectivity index (χ3n) is 6.92. The molecule has 0 radical (unpaired) electrons. The number of likely N-dealkylation sites (tertiary alicyclic amines) is 1. The van der Waals surface area contributed by atoms with Crippen LogP contribution in [0.3, 0.4) is 0 Å². The number of benzene rings is 2. The second-order valence-corrected chi connectivity index (χ2v) is 9.68. The Bertz CT molecular complexity index is 1180. The topological polar surface area (TPSA) is 103 Å². The average Bonchev–Trinajstić information content (AvgIpc) is 3.37. The molecule has 3 aromatic rings. The molecule has 184 valence electrons. The van der Waals surface area contributed by atoms with E-state index < -0.39 is 0 Å². The Morgan fingerprint density at radius 3 is 2.51 bits per heavy atom. The van der Waals surface area contributed by atoms with Crippen LogP contribution >= 0.6 is 0 Å². The molecule has 35 heavy (non-hydrogen) atoms. The lowest BCUT2D eigenvalue weighted by atomic mass is 10.0. The van der Waals surface area contributed by atoms with Crippen molar-refractivity contribution in [2.45, 2.75) is 51.3 Å². The predicted octanol–water partition coefficient (Wildman–Crippen LogP) is 3.65. The van der Waals surface area contributed by atoms with Crippen molar-refractivity contribution >= 4 is 22.8 Å². The van der Waals surface area contributed by atoms with Crippen molar-refractivity contribution in [3.8, 4) is 17.0 Å². The lowest BCUT2D eigenvalue weighted by Crippen LogP contribution is -2.46. The van der Waals surface area contributed by atoms with Crippen molar-refractivity contribution in [3.05, 3.63) is 48.0 Å². The normalized spacial score (nSPS) is 19.3. The SMILES string of the molecule is CC(C)N1CCC(NC(=O)c2ccc(-c3ccc4nc(N)nc(O[C@@H]5CCOC5)c4c3)cc2)CC1. The molecule has 0 bridgehead atoms. The third kappa shape index (κ3) is 5.39. The first-order chi connectivity index (χ1) is 17.0. The molecule has 2 saturated heterocycles. The van der Waals surface area contributed by atoms with Gasteiger partial charge in [0.25, 0.3) is 5.91 Å². The van der Waals surface area contributed by atoms with Gasteiger partial charge >= 0.3 is 0 Å². The van der Waals surface area contributed by atoms with Gasteiger partial charge in [-0.3, -0.25) is 4.79 Å². The van der Waals surface area contributed by atoms with Crippen LogP contribution in [0.2, 0.25) is 0 Å². The molecule has 3 heterocycles. The Morgan fingerprint density at radius 1 is 1.09 bits per heavy atom. The number of hydrogen-bond acceptors (Lipinski definition) is 7. The second kappa shape index (κ2) is 10.2. The number of rotatable bonds is 6. The van der Waals surface area contributed by atoms with Crippen LogP contribution in [-0.2, 0) is 4.74 Å². The van der Waals surface area contributed by atoms with E-state index in [0.717, 1.165) is 54.4 Å². The first kappa shape index (κ1) is 23.5. The zero-order valence-electron chi connectivity index (χ0n) is 20.4. The molecule has 8 heteroatoms. The second-order valence-electron chi connectivity index (χ2n) is 9.68. The zero-order chi connectivity index (χ0) is 24.4. The molecule has 2 aromatic carbocycles. The summed E-state index contributed by atoms with van der Waals surface area (Å²) in [7, 11) is 0. The van der Waals surface area contributed by atoms with Crippen LogP contribution in [0.4, 0.5) is 5.95 Å². The minimum Gasteiger partial charge on any atom is -0.471 e. The fourth-order valence-electron chi connectivity index (χ4n) is 4.79. The molecule has 0 spiro atoms. The molecule has 5 rings (SSSR count). The van der Waals surface area contributed by atoms with Crippen LogP contribution in [0.5, 0.6) is 5.88 Å². The van der Waals surface area contributed by atoms with Crippen molar-refractivity contribution < 1.29 is 14.3 Å². The van der Waals surface area contributed by atoms with Gasteiger partial charge in [-0.25, -0.2) is 4.98 Å². The third-order valence-corrected chi connectivity index (χ3v) is 6.92. The summed E-state index contributed by atoms with van der Waals surface area (Å²) < 4.78 is 11.5. The van der Waals surface area contributed by atoms with Crippen LogP contribution in [0, 0.1) is 0 Å². The van der Waals surface area contributed by atoms with Gasteiger partial charge in [0.05, 0.1) is 24.1 Å². The lowest BCUT2D eigenvalue weighted by Gasteiger charge is -2.34. The molecule has 3 N–H and O–H groups in total. The summed E-state index contributed by atoms with van der Waals surface area (Å²) in [6, 6.07) is 14.4. The molecule has 1 aromatic heterocycles. The van der Waals surface area contributed by atoms with Crippen molar-refractivity contribution in [2.24, 2.45) is 0 Å². The number of piperidine rings is 1. The number of hydrogen-bond donors (Lipinski definition) is 2. The van der Waals surface area contributed by atoms with Gasteiger partial charge in [0.15, 0.2) is 0 Å². The van der Waals surface area contributed by atoms with Crippen molar-refractivity contribution in [1.82, 2.24) is 20.2 Å². The van der Waals surface area contributed by atoms with Crippen LogP contribution in [0.25, 0.3) is 22.0 Å². The predicted molar refractivity (Wildman–Crippen MR) is 136 cm³/mol. The number of nitrogens with two attached hydrogens (primary N) is 1. The minimum absolute atomic E-state index is 0.0172. The van der Waals surface area contributed by atoms with E-state index in [9.17, 15) is 4.79 Å². The van der Waals surface area contributed by atoms with E-state index in [-0.39, 0.29) is 24.0 Å². The highest BCUT2D eigenvalue weighted by Crippen LogP contribution is 2.30.